The molecule has 0 spiro atoms. The lowest BCUT2D eigenvalue weighted by Crippen LogP contribution is -2.49. The summed E-state index contributed by atoms with van der Waals surface area (Å²) in [5, 5.41) is 16.1. The first-order valence-electron chi connectivity index (χ1n) is 7.30. The van der Waals surface area contributed by atoms with Gasteiger partial charge >= 0.3 is 0 Å². The molecule has 1 aliphatic rings. The zero-order valence-electron chi connectivity index (χ0n) is 12.7. The molecular formula is C14H22N4O2S. The lowest BCUT2D eigenvalue weighted by molar-refractivity contribution is 0.259. The van der Waals surface area contributed by atoms with Crippen LogP contribution >= 0.6 is 0 Å². The third-order valence-corrected chi connectivity index (χ3v) is 6.21. The number of aromatic amines is 1. The average molecular weight is 310 g/mol. The smallest absolute Gasteiger partial charge is 0.245 e. The highest BCUT2D eigenvalue weighted by molar-refractivity contribution is 7.89. The number of nitriles is 1. The highest BCUT2D eigenvalue weighted by Gasteiger charge is 2.40. The van der Waals surface area contributed by atoms with Gasteiger partial charge in [-0.2, -0.15) is 15.1 Å². The van der Waals surface area contributed by atoms with Gasteiger partial charge in [0.2, 0.25) is 10.0 Å². The van der Waals surface area contributed by atoms with Crippen LogP contribution in [0.15, 0.2) is 4.90 Å². The molecule has 0 unspecified atom stereocenters. The van der Waals surface area contributed by atoms with E-state index in [1.165, 1.54) is 0 Å². The van der Waals surface area contributed by atoms with Gasteiger partial charge in [0.25, 0.3) is 0 Å². The van der Waals surface area contributed by atoms with Crippen molar-refractivity contribution < 1.29 is 8.42 Å². The van der Waals surface area contributed by atoms with E-state index >= 15 is 0 Å². The van der Waals surface area contributed by atoms with E-state index in [1.807, 2.05) is 0 Å². The molecule has 1 aliphatic carbocycles. The van der Waals surface area contributed by atoms with E-state index in [0.717, 1.165) is 19.3 Å². The topological polar surface area (TPSA) is 98.6 Å². The average Bonchev–Trinajstić information content (AvgIpc) is 2.79. The molecule has 1 saturated carbocycles. The summed E-state index contributed by atoms with van der Waals surface area (Å²) in [6.45, 7) is 5.44. The van der Waals surface area contributed by atoms with Crippen LogP contribution in [0.3, 0.4) is 0 Å². The van der Waals surface area contributed by atoms with Crippen molar-refractivity contribution in [3.8, 4) is 6.07 Å². The molecule has 0 aromatic carbocycles. The maximum atomic E-state index is 12.6. The fourth-order valence-electron chi connectivity index (χ4n) is 3.06. The largest absolute Gasteiger partial charge is 0.281 e. The molecule has 1 heterocycles. The number of nitrogens with zero attached hydrogens (tertiary/aromatic N) is 2. The zero-order chi connectivity index (χ0) is 15.7. The van der Waals surface area contributed by atoms with Crippen molar-refractivity contribution in [3.05, 3.63) is 11.4 Å². The first kappa shape index (κ1) is 16.0. The maximum absolute atomic E-state index is 12.6. The Hall–Kier alpha value is -1.39. The van der Waals surface area contributed by atoms with Gasteiger partial charge in [-0.25, -0.2) is 8.42 Å². The van der Waals surface area contributed by atoms with Crippen molar-refractivity contribution in [1.29, 1.82) is 5.26 Å². The first-order chi connectivity index (χ1) is 9.83. The van der Waals surface area contributed by atoms with Gasteiger partial charge in [0.05, 0.1) is 17.5 Å². The van der Waals surface area contributed by atoms with E-state index in [9.17, 15) is 13.7 Å². The Morgan fingerprint density at radius 1 is 1.43 bits per heavy atom. The molecule has 6 nitrogen and oxygen atoms in total. The monoisotopic (exact) mass is 310 g/mol. The Morgan fingerprint density at radius 2 is 2.05 bits per heavy atom. The van der Waals surface area contributed by atoms with Gasteiger partial charge in [-0.15, -0.1) is 0 Å². The number of hydrogen-bond donors (Lipinski definition) is 2. The van der Waals surface area contributed by atoms with E-state index in [4.69, 9.17) is 0 Å². The van der Waals surface area contributed by atoms with Gasteiger partial charge in [-0.3, -0.25) is 5.10 Å². The van der Waals surface area contributed by atoms with Gasteiger partial charge in [0, 0.05) is 0 Å². The van der Waals surface area contributed by atoms with Crippen LogP contribution in [-0.4, -0.2) is 24.2 Å². The van der Waals surface area contributed by atoms with Crippen molar-refractivity contribution in [2.45, 2.75) is 63.3 Å². The molecule has 0 radical (unpaired) electrons. The van der Waals surface area contributed by atoms with Crippen molar-refractivity contribution in [1.82, 2.24) is 14.9 Å². The van der Waals surface area contributed by atoms with Crippen LogP contribution in [0.5, 0.6) is 0 Å². The Morgan fingerprint density at radius 3 is 2.48 bits per heavy atom. The quantitative estimate of drug-likeness (QED) is 0.890. The fourth-order valence-corrected chi connectivity index (χ4v) is 4.81. The van der Waals surface area contributed by atoms with E-state index in [1.54, 1.807) is 13.8 Å². The minimum atomic E-state index is -3.74. The Labute approximate surface area is 126 Å². The minimum absolute atomic E-state index is 0.162. The molecule has 21 heavy (non-hydrogen) atoms. The molecule has 1 aromatic heterocycles. The van der Waals surface area contributed by atoms with Crippen molar-refractivity contribution in [2.24, 2.45) is 5.92 Å². The van der Waals surface area contributed by atoms with Crippen LogP contribution in [0.1, 0.15) is 50.4 Å². The molecule has 116 valence electrons. The van der Waals surface area contributed by atoms with E-state index in [-0.39, 0.29) is 4.90 Å². The molecule has 0 atom stereocenters. The Balaban J connectivity index is 2.25. The zero-order valence-corrected chi connectivity index (χ0v) is 13.5. The first-order valence-corrected chi connectivity index (χ1v) is 8.78. The van der Waals surface area contributed by atoms with Gasteiger partial charge < -0.3 is 0 Å². The Bertz CT molecular complexity index is 630. The third-order valence-electron chi connectivity index (χ3n) is 4.41. The highest BCUT2D eigenvalue weighted by atomic mass is 32.2. The highest BCUT2D eigenvalue weighted by Crippen LogP contribution is 2.34. The van der Waals surface area contributed by atoms with Crippen molar-refractivity contribution >= 4 is 10.0 Å². The number of rotatable bonds is 4. The van der Waals surface area contributed by atoms with Crippen LogP contribution in [0.2, 0.25) is 0 Å². The molecular weight excluding hydrogens is 288 g/mol. The summed E-state index contributed by atoms with van der Waals surface area (Å²) in [5.74, 6) is 0.591. The molecule has 2 rings (SSSR count). The number of aromatic nitrogens is 2. The summed E-state index contributed by atoms with van der Waals surface area (Å²) < 4.78 is 27.8. The van der Waals surface area contributed by atoms with E-state index in [2.05, 4.69) is 27.9 Å². The minimum Gasteiger partial charge on any atom is -0.281 e. The lowest BCUT2D eigenvalue weighted by Gasteiger charge is -2.34. The third kappa shape index (κ3) is 3.11. The fraction of sp³-hybridized carbons (Fsp3) is 0.714. The normalized spacial score (nSPS) is 26.5. The predicted molar refractivity (Wildman–Crippen MR) is 79.0 cm³/mol. The Kier molecular flexibility index (Phi) is 4.40. The van der Waals surface area contributed by atoms with Crippen LogP contribution in [0.4, 0.5) is 0 Å². The second-order valence-electron chi connectivity index (χ2n) is 5.91. The summed E-state index contributed by atoms with van der Waals surface area (Å²) in [7, 11) is -3.74. The molecule has 0 amide bonds. The van der Waals surface area contributed by atoms with Crippen LogP contribution < -0.4 is 4.72 Å². The lowest BCUT2D eigenvalue weighted by atomic mass is 9.77. The molecule has 1 aromatic rings. The molecule has 0 saturated heterocycles. The van der Waals surface area contributed by atoms with Gasteiger partial charge in [-0.1, -0.05) is 13.3 Å². The summed E-state index contributed by atoms with van der Waals surface area (Å²) in [5.41, 5.74) is -0.0635. The summed E-state index contributed by atoms with van der Waals surface area (Å²) in [4.78, 5) is 0.162. The number of hydrogen-bond acceptors (Lipinski definition) is 4. The van der Waals surface area contributed by atoms with Crippen LogP contribution in [0, 0.1) is 31.1 Å². The van der Waals surface area contributed by atoms with Crippen molar-refractivity contribution in [2.75, 3.05) is 0 Å². The van der Waals surface area contributed by atoms with Crippen molar-refractivity contribution in [3.63, 3.8) is 0 Å². The summed E-state index contributed by atoms with van der Waals surface area (Å²) in [6, 6.07) is 2.20. The van der Waals surface area contributed by atoms with Gasteiger partial charge in [-0.05, 0) is 45.4 Å². The molecule has 7 heteroatoms. The predicted octanol–water partition coefficient (Wildman–Crippen LogP) is 2.17. The van der Waals surface area contributed by atoms with E-state index in [0.29, 0.717) is 30.1 Å². The van der Waals surface area contributed by atoms with Crippen LogP contribution in [0.25, 0.3) is 0 Å². The SMILES string of the molecule is CCC1CCC(C#N)(NS(=O)(=O)c2c(C)n[nH]c2C)CC1. The standard InChI is InChI=1S/C14H22N4O2S/c1-4-12-5-7-14(9-15,8-6-12)18-21(19,20)13-10(2)16-17-11(13)3/h12,18H,4-8H2,1-3H3,(H,16,17). The van der Waals surface area contributed by atoms with Gasteiger partial charge in [0.1, 0.15) is 10.4 Å². The summed E-state index contributed by atoms with van der Waals surface area (Å²) in [6.07, 6.45) is 3.98. The summed E-state index contributed by atoms with van der Waals surface area (Å²) >= 11 is 0. The molecule has 0 bridgehead atoms. The number of aryl methyl sites for hydroxylation is 2. The maximum Gasteiger partial charge on any atom is 0.245 e. The van der Waals surface area contributed by atoms with Crippen LogP contribution in [-0.2, 0) is 10.0 Å². The second kappa shape index (κ2) is 5.78. The number of sulfonamides is 1. The van der Waals surface area contributed by atoms with Gasteiger partial charge in [0.15, 0.2) is 0 Å². The second-order valence-corrected chi connectivity index (χ2v) is 7.53. The van der Waals surface area contributed by atoms with E-state index < -0.39 is 15.6 Å². The molecule has 2 N–H and O–H groups in total. The molecule has 0 aliphatic heterocycles. The number of nitrogens with one attached hydrogen (secondary N) is 2. The molecule has 1 fully saturated rings. The number of H-pyrrole nitrogens is 1.